The summed E-state index contributed by atoms with van der Waals surface area (Å²) in [5.41, 5.74) is 3.38. The summed E-state index contributed by atoms with van der Waals surface area (Å²) >= 11 is 0. The van der Waals surface area contributed by atoms with Gasteiger partial charge in [0.05, 0.1) is 25.3 Å². The summed E-state index contributed by atoms with van der Waals surface area (Å²) in [6, 6.07) is 14.1. The van der Waals surface area contributed by atoms with Crippen molar-refractivity contribution in [3.63, 3.8) is 0 Å². The van der Waals surface area contributed by atoms with Gasteiger partial charge < -0.3 is 19.7 Å². The number of aromatic nitrogens is 1. The molecule has 0 saturated carbocycles. The third-order valence-corrected chi connectivity index (χ3v) is 5.05. The molecule has 2 aromatic carbocycles. The lowest BCUT2D eigenvalue weighted by atomic mass is 10.1. The van der Waals surface area contributed by atoms with Gasteiger partial charge in [0, 0.05) is 36.4 Å². The van der Waals surface area contributed by atoms with Crippen LogP contribution in [0.15, 0.2) is 60.9 Å². The topological polar surface area (TPSA) is 80.8 Å². The van der Waals surface area contributed by atoms with Gasteiger partial charge in [-0.2, -0.15) is 0 Å². The first-order valence-electron chi connectivity index (χ1n) is 9.49. The monoisotopic (exact) mass is 403 g/mol. The number of carbonyl (C=O) groups excluding carboxylic acids is 2. The predicted molar refractivity (Wildman–Crippen MR) is 114 cm³/mol. The summed E-state index contributed by atoms with van der Waals surface area (Å²) in [6.45, 7) is 0.590. The number of carbonyl (C=O) groups is 2. The lowest BCUT2D eigenvalue weighted by Crippen LogP contribution is -2.29. The number of nitrogens with zero attached hydrogens (tertiary/aromatic N) is 2. The van der Waals surface area contributed by atoms with Crippen molar-refractivity contribution < 1.29 is 19.1 Å². The maximum atomic E-state index is 12.9. The maximum Gasteiger partial charge on any atom is 0.259 e. The first-order chi connectivity index (χ1) is 14.6. The fourth-order valence-electron chi connectivity index (χ4n) is 3.50. The molecule has 2 heterocycles. The van der Waals surface area contributed by atoms with Crippen molar-refractivity contribution in [1.29, 1.82) is 0 Å². The molecule has 0 atom stereocenters. The Balaban J connectivity index is 1.58. The van der Waals surface area contributed by atoms with Crippen LogP contribution in [0.1, 0.15) is 26.3 Å². The zero-order valence-electron chi connectivity index (χ0n) is 16.7. The van der Waals surface area contributed by atoms with Crippen molar-refractivity contribution in [2.75, 3.05) is 31.0 Å². The van der Waals surface area contributed by atoms with Crippen molar-refractivity contribution in [2.24, 2.45) is 0 Å². The lowest BCUT2D eigenvalue weighted by Gasteiger charge is -2.18. The quantitative estimate of drug-likeness (QED) is 0.705. The molecule has 1 aromatic heterocycles. The van der Waals surface area contributed by atoms with E-state index < -0.39 is 0 Å². The van der Waals surface area contributed by atoms with Gasteiger partial charge in [0.1, 0.15) is 11.5 Å². The predicted octanol–water partition coefficient (Wildman–Crippen LogP) is 3.55. The van der Waals surface area contributed by atoms with E-state index in [0.717, 1.165) is 17.7 Å². The fraction of sp³-hybridized carbons (Fsp3) is 0.174. The van der Waals surface area contributed by atoms with E-state index in [1.807, 2.05) is 18.2 Å². The molecule has 0 spiro atoms. The zero-order valence-corrected chi connectivity index (χ0v) is 16.7. The number of nitrogens with one attached hydrogen (secondary N) is 1. The standard InChI is InChI=1S/C23H21N3O4/c1-29-18-7-8-19(21(13-18)30-2)22(27)25-17-6-5-15-9-11-26(20(15)12-17)23(28)16-4-3-10-24-14-16/h3-8,10,12-14H,9,11H2,1-2H3,(H,25,27). The first-order valence-corrected chi connectivity index (χ1v) is 9.49. The number of pyridine rings is 1. The van der Waals surface area contributed by atoms with Crippen LogP contribution in [-0.2, 0) is 6.42 Å². The molecule has 0 unspecified atom stereocenters. The molecule has 3 aromatic rings. The Hall–Kier alpha value is -3.87. The molecule has 0 fully saturated rings. The van der Waals surface area contributed by atoms with Gasteiger partial charge in [0.2, 0.25) is 0 Å². The van der Waals surface area contributed by atoms with Crippen LogP contribution in [0.5, 0.6) is 11.5 Å². The Morgan fingerprint density at radius 3 is 2.67 bits per heavy atom. The minimum atomic E-state index is -0.308. The summed E-state index contributed by atoms with van der Waals surface area (Å²) in [7, 11) is 3.06. The minimum Gasteiger partial charge on any atom is -0.497 e. The minimum absolute atomic E-state index is 0.109. The van der Waals surface area contributed by atoms with E-state index in [1.54, 1.807) is 54.7 Å². The molecule has 0 saturated heterocycles. The highest BCUT2D eigenvalue weighted by molar-refractivity contribution is 6.09. The van der Waals surface area contributed by atoms with Gasteiger partial charge in [-0.1, -0.05) is 6.07 Å². The second kappa shape index (κ2) is 8.24. The molecule has 0 bridgehead atoms. The van der Waals surface area contributed by atoms with Gasteiger partial charge in [-0.05, 0) is 48.4 Å². The molecular weight excluding hydrogens is 382 g/mol. The smallest absolute Gasteiger partial charge is 0.259 e. The number of benzene rings is 2. The highest BCUT2D eigenvalue weighted by Crippen LogP contribution is 2.32. The maximum absolute atomic E-state index is 12.9. The number of fused-ring (bicyclic) bond motifs is 1. The van der Waals surface area contributed by atoms with Gasteiger partial charge in [-0.25, -0.2) is 0 Å². The van der Waals surface area contributed by atoms with Gasteiger partial charge >= 0.3 is 0 Å². The first kappa shape index (κ1) is 19.4. The van der Waals surface area contributed by atoms with Gasteiger partial charge in [0.25, 0.3) is 11.8 Å². The average molecular weight is 403 g/mol. The van der Waals surface area contributed by atoms with E-state index in [9.17, 15) is 9.59 Å². The second-order valence-corrected chi connectivity index (χ2v) is 6.81. The Bertz CT molecular complexity index is 1100. The number of amides is 2. The number of anilines is 2. The van der Waals surface area contributed by atoms with E-state index in [-0.39, 0.29) is 11.8 Å². The Kier molecular flexibility index (Phi) is 5.34. The number of rotatable bonds is 5. The van der Waals surface area contributed by atoms with Crippen molar-refractivity contribution in [2.45, 2.75) is 6.42 Å². The summed E-state index contributed by atoms with van der Waals surface area (Å²) in [5, 5.41) is 2.89. The van der Waals surface area contributed by atoms with Crippen molar-refractivity contribution >= 4 is 23.2 Å². The summed E-state index contributed by atoms with van der Waals surface area (Å²) < 4.78 is 10.5. The van der Waals surface area contributed by atoms with Gasteiger partial charge in [-0.15, -0.1) is 0 Å². The molecule has 152 valence electrons. The van der Waals surface area contributed by atoms with Crippen molar-refractivity contribution in [3.8, 4) is 11.5 Å². The van der Waals surface area contributed by atoms with E-state index in [2.05, 4.69) is 10.3 Å². The highest BCUT2D eigenvalue weighted by atomic mass is 16.5. The SMILES string of the molecule is COc1ccc(C(=O)Nc2ccc3c(c2)N(C(=O)c2cccnc2)CC3)c(OC)c1. The highest BCUT2D eigenvalue weighted by Gasteiger charge is 2.26. The number of hydrogen-bond acceptors (Lipinski definition) is 5. The summed E-state index contributed by atoms with van der Waals surface area (Å²) in [4.78, 5) is 31.4. The third-order valence-electron chi connectivity index (χ3n) is 5.05. The van der Waals surface area contributed by atoms with Crippen LogP contribution in [0.3, 0.4) is 0 Å². The summed E-state index contributed by atoms with van der Waals surface area (Å²) in [6.07, 6.45) is 3.96. The Morgan fingerprint density at radius 1 is 1.07 bits per heavy atom. The van der Waals surface area contributed by atoms with Crippen LogP contribution in [0.4, 0.5) is 11.4 Å². The zero-order chi connectivity index (χ0) is 21.1. The normalized spacial score (nSPS) is 12.3. The molecule has 1 aliphatic heterocycles. The van der Waals surface area contributed by atoms with Crippen LogP contribution in [-0.4, -0.2) is 37.6 Å². The molecule has 1 N–H and O–H groups in total. The van der Waals surface area contributed by atoms with Crippen LogP contribution < -0.4 is 19.7 Å². The molecule has 2 amide bonds. The summed E-state index contributed by atoms with van der Waals surface area (Å²) in [5.74, 6) is 0.603. The number of ether oxygens (including phenoxy) is 2. The van der Waals surface area contributed by atoms with Gasteiger partial charge in [-0.3, -0.25) is 14.6 Å². The van der Waals surface area contributed by atoms with E-state index >= 15 is 0 Å². The van der Waals surface area contributed by atoms with Crippen molar-refractivity contribution in [3.05, 3.63) is 77.6 Å². The molecule has 4 rings (SSSR count). The average Bonchev–Trinajstić information content (AvgIpc) is 3.21. The molecule has 7 heteroatoms. The Labute approximate surface area is 174 Å². The van der Waals surface area contributed by atoms with Crippen LogP contribution >= 0.6 is 0 Å². The van der Waals surface area contributed by atoms with E-state index in [4.69, 9.17) is 9.47 Å². The van der Waals surface area contributed by atoms with Crippen LogP contribution in [0.2, 0.25) is 0 Å². The molecule has 30 heavy (non-hydrogen) atoms. The molecule has 1 aliphatic rings. The van der Waals surface area contributed by atoms with Crippen LogP contribution in [0, 0.1) is 0 Å². The van der Waals surface area contributed by atoms with E-state index in [0.29, 0.717) is 34.9 Å². The van der Waals surface area contributed by atoms with Crippen LogP contribution in [0.25, 0.3) is 0 Å². The van der Waals surface area contributed by atoms with Crippen molar-refractivity contribution in [1.82, 2.24) is 4.98 Å². The Morgan fingerprint density at radius 2 is 1.93 bits per heavy atom. The molecule has 7 nitrogen and oxygen atoms in total. The molecule has 0 radical (unpaired) electrons. The van der Waals surface area contributed by atoms with E-state index in [1.165, 1.54) is 7.11 Å². The second-order valence-electron chi connectivity index (χ2n) is 6.81. The largest absolute Gasteiger partial charge is 0.497 e. The molecule has 0 aliphatic carbocycles. The number of hydrogen-bond donors (Lipinski definition) is 1. The van der Waals surface area contributed by atoms with Gasteiger partial charge in [0.15, 0.2) is 0 Å². The fourth-order valence-corrected chi connectivity index (χ4v) is 3.50. The third kappa shape index (κ3) is 3.69. The lowest BCUT2D eigenvalue weighted by molar-refractivity contribution is 0.0987. The molecular formula is C23H21N3O4. The number of methoxy groups -OCH3 is 2.